The number of benzene rings is 2. The van der Waals surface area contributed by atoms with Crippen molar-refractivity contribution >= 4 is 35.8 Å². The normalized spacial score (nSPS) is 11.0. The van der Waals surface area contributed by atoms with Gasteiger partial charge in [0.05, 0.1) is 11.4 Å². The molecule has 0 bridgehead atoms. The van der Waals surface area contributed by atoms with Gasteiger partial charge in [0.25, 0.3) is 0 Å². The van der Waals surface area contributed by atoms with Gasteiger partial charge in [-0.25, -0.2) is 4.68 Å². The molecule has 8 heteroatoms. The predicted octanol–water partition coefficient (Wildman–Crippen LogP) is 3.07. The van der Waals surface area contributed by atoms with Crippen molar-refractivity contribution in [3.05, 3.63) is 82.7 Å². The van der Waals surface area contributed by atoms with Crippen LogP contribution in [-0.2, 0) is 13.1 Å². The van der Waals surface area contributed by atoms with Crippen LogP contribution in [0.2, 0.25) is 0 Å². The molecule has 1 aromatic heterocycles. The number of aryl methyl sites for hydroxylation is 2. The molecule has 3 rings (SSSR count). The Bertz CT molecular complexity index is 1040. The minimum absolute atomic E-state index is 0. The van der Waals surface area contributed by atoms with E-state index in [0.29, 0.717) is 24.6 Å². The summed E-state index contributed by atoms with van der Waals surface area (Å²) in [4.78, 5) is 15.6. The van der Waals surface area contributed by atoms with E-state index in [1.54, 1.807) is 19.2 Å². The maximum Gasteiger partial charge on any atom is 0.248 e. The zero-order chi connectivity index (χ0) is 20.8. The van der Waals surface area contributed by atoms with Crippen LogP contribution in [-0.4, -0.2) is 28.7 Å². The molecule has 1 heterocycles. The van der Waals surface area contributed by atoms with Crippen LogP contribution < -0.4 is 16.4 Å². The molecular formula is C22H27IN6O. The first kappa shape index (κ1) is 23.4. The topological polar surface area (TPSA) is 97.3 Å². The van der Waals surface area contributed by atoms with E-state index in [1.165, 1.54) is 0 Å². The number of hydrogen-bond donors (Lipinski definition) is 3. The number of rotatable bonds is 6. The van der Waals surface area contributed by atoms with Crippen LogP contribution in [0.3, 0.4) is 0 Å². The quantitative estimate of drug-likeness (QED) is 0.266. The fourth-order valence-electron chi connectivity index (χ4n) is 3.16. The summed E-state index contributed by atoms with van der Waals surface area (Å²) in [7, 11) is 1.72. The molecular weight excluding hydrogens is 491 g/mol. The van der Waals surface area contributed by atoms with Crippen molar-refractivity contribution in [1.29, 1.82) is 0 Å². The Morgan fingerprint density at radius 2 is 1.80 bits per heavy atom. The van der Waals surface area contributed by atoms with E-state index in [1.807, 2.05) is 42.8 Å². The number of halogens is 1. The second kappa shape index (κ2) is 10.8. The van der Waals surface area contributed by atoms with Crippen LogP contribution in [0, 0.1) is 13.8 Å². The van der Waals surface area contributed by atoms with E-state index in [0.717, 1.165) is 28.2 Å². The molecule has 30 heavy (non-hydrogen) atoms. The molecule has 0 unspecified atom stereocenters. The van der Waals surface area contributed by atoms with Gasteiger partial charge in [-0.2, -0.15) is 5.10 Å². The third-order valence-corrected chi connectivity index (χ3v) is 4.57. The first-order valence-electron chi connectivity index (χ1n) is 9.42. The van der Waals surface area contributed by atoms with Gasteiger partial charge in [-0.1, -0.05) is 30.3 Å². The van der Waals surface area contributed by atoms with E-state index >= 15 is 0 Å². The summed E-state index contributed by atoms with van der Waals surface area (Å²) in [6.45, 7) is 5.16. The van der Waals surface area contributed by atoms with Crippen LogP contribution >= 0.6 is 24.0 Å². The highest BCUT2D eigenvalue weighted by Gasteiger charge is 2.09. The van der Waals surface area contributed by atoms with E-state index in [2.05, 4.69) is 38.9 Å². The first-order chi connectivity index (χ1) is 14.0. The van der Waals surface area contributed by atoms with Gasteiger partial charge in [-0.05, 0) is 49.2 Å². The molecule has 4 N–H and O–H groups in total. The van der Waals surface area contributed by atoms with Crippen LogP contribution in [0.1, 0.15) is 32.9 Å². The summed E-state index contributed by atoms with van der Waals surface area (Å²) in [5, 5.41) is 11.2. The standard InChI is InChI=1S/C22H26N6O.HI/c1-15-11-16(2)28(27-15)20-10-5-4-8-19(20)14-26-22(24-3)25-13-17-7-6-9-18(12-17)21(23)29;/h4-12H,13-14H2,1-3H3,(H2,23,29)(H2,24,25,26);1H. The van der Waals surface area contributed by atoms with Crippen LogP contribution in [0.4, 0.5) is 0 Å². The molecule has 1 amide bonds. The summed E-state index contributed by atoms with van der Waals surface area (Å²) in [5.74, 6) is 0.229. The molecule has 3 aromatic rings. The number of carbonyl (C=O) groups excluding carboxylic acids is 1. The predicted molar refractivity (Wildman–Crippen MR) is 130 cm³/mol. The Labute approximate surface area is 193 Å². The molecule has 0 saturated carbocycles. The second-order valence-corrected chi connectivity index (χ2v) is 6.81. The van der Waals surface area contributed by atoms with Crippen molar-refractivity contribution in [2.75, 3.05) is 7.05 Å². The number of primary amides is 1. The Morgan fingerprint density at radius 3 is 2.47 bits per heavy atom. The average Bonchev–Trinajstić information content (AvgIpc) is 3.06. The van der Waals surface area contributed by atoms with Gasteiger partial charge in [0, 0.05) is 31.4 Å². The van der Waals surface area contributed by atoms with Gasteiger partial charge in [0.2, 0.25) is 5.91 Å². The molecule has 0 aliphatic carbocycles. The highest BCUT2D eigenvalue weighted by Crippen LogP contribution is 2.16. The summed E-state index contributed by atoms with van der Waals surface area (Å²) in [5.41, 5.74) is 11.0. The average molecular weight is 518 g/mol. The molecule has 0 aliphatic heterocycles. The number of nitrogens with two attached hydrogens (primary N) is 1. The highest BCUT2D eigenvalue weighted by atomic mass is 127. The maximum absolute atomic E-state index is 11.3. The number of para-hydroxylation sites is 1. The van der Waals surface area contributed by atoms with Crippen LogP contribution in [0.15, 0.2) is 59.6 Å². The van der Waals surface area contributed by atoms with Crippen LogP contribution in [0.25, 0.3) is 5.69 Å². The van der Waals surface area contributed by atoms with Crippen molar-refractivity contribution in [2.45, 2.75) is 26.9 Å². The van der Waals surface area contributed by atoms with Gasteiger partial charge in [-0.15, -0.1) is 24.0 Å². The lowest BCUT2D eigenvalue weighted by Crippen LogP contribution is -2.36. The van der Waals surface area contributed by atoms with Crippen molar-refractivity contribution in [3.8, 4) is 5.69 Å². The SMILES string of the molecule is CN=C(NCc1cccc(C(N)=O)c1)NCc1ccccc1-n1nc(C)cc1C.I. The summed E-state index contributed by atoms with van der Waals surface area (Å²) < 4.78 is 1.96. The van der Waals surface area contributed by atoms with Crippen molar-refractivity contribution in [1.82, 2.24) is 20.4 Å². The number of carbonyl (C=O) groups is 1. The largest absolute Gasteiger partial charge is 0.366 e. The molecule has 0 spiro atoms. The maximum atomic E-state index is 11.3. The van der Waals surface area contributed by atoms with Crippen LogP contribution in [0.5, 0.6) is 0 Å². The highest BCUT2D eigenvalue weighted by molar-refractivity contribution is 14.0. The Morgan fingerprint density at radius 1 is 1.07 bits per heavy atom. The first-order valence-corrected chi connectivity index (χ1v) is 9.42. The van der Waals surface area contributed by atoms with Gasteiger partial charge in [0.15, 0.2) is 5.96 Å². The molecule has 0 aliphatic rings. The zero-order valence-electron chi connectivity index (χ0n) is 17.3. The lowest BCUT2D eigenvalue weighted by molar-refractivity contribution is 0.1000. The van der Waals surface area contributed by atoms with Gasteiger partial charge >= 0.3 is 0 Å². The molecule has 0 saturated heterocycles. The third kappa shape index (κ3) is 5.82. The fraction of sp³-hybridized carbons (Fsp3) is 0.227. The monoisotopic (exact) mass is 518 g/mol. The summed E-state index contributed by atoms with van der Waals surface area (Å²) in [6.07, 6.45) is 0. The van der Waals surface area contributed by atoms with E-state index < -0.39 is 5.91 Å². The van der Waals surface area contributed by atoms with Gasteiger partial charge in [0.1, 0.15) is 0 Å². The minimum Gasteiger partial charge on any atom is -0.366 e. The fourth-order valence-corrected chi connectivity index (χ4v) is 3.16. The van der Waals surface area contributed by atoms with E-state index in [-0.39, 0.29) is 24.0 Å². The number of nitrogens with zero attached hydrogens (tertiary/aromatic N) is 3. The number of guanidine groups is 1. The Balaban J connectivity index is 0.00000320. The van der Waals surface area contributed by atoms with Gasteiger partial charge < -0.3 is 16.4 Å². The van der Waals surface area contributed by atoms with Crippen molar-refractivity contribution in [2.24, 2.45) is 10.7 Å². The van der Waals surface area contributed by atoms with Crippen molar-refractivity contribution < 1.29 is 4.79 Å². The minimum atomic E-state index is -0.435. The van der Waals surface area contributed by atoms with Crippen molar-refractivity contribution in [3.63, 3.8) is 0 Å². The number of nitrogens with one attached hydrogen (secondary N) is 2. The lowest BCUT2D eigenvalue weighted by atomic mass is 10.1. The smallest absolute Gasteiger partial charge is 0.248 e. The second-order valence-electron chi connectivity index (χ2n) is 6.81. The molecule has 7 nitrogen and oxygen atoms in total. The third-order valence-electron chi connectivity index (χ3n) is 4.57. The summed E-state index contributed by atoms with van der Waals surface area (Å²) >= 11 is 0. The number of hydrogen-bond acceptors (Lipinski definition) is 3. The number of amides is 1. The lowest BCUT2D eigenvalue weighted by Gasteiger charge is -2.15. The molecule has 0 radical (unpaired) electrons. The molecule has 0 atom stereocenters. The molecule has 0 fully saturated rings. The number of aromatic nitrogens is 2. The molecule has 2 aromatic carbocycles. The van der Waals surface area contributed by atoms with E-state index in [9.17, 15) is 4.79 Å². The summed E-state index contributed by atoms with van der Waals surface area (Å²) in [6, 6.07) is 17.4. The zero-order valence-corrected chi connectivity index (χ0v) is 19.7. The number of aliphatic imine (C=N–C) groups is 1. The molecule has 158 valence electrons. The van der Waals surface area contributed by atoms with E-state index in [4.69, 9.17) is 5.73 Å². The Kier molecular flexibility index (Phi) is 8.40. The Hall–Kier alpha value is -2.88. The van der Waals surface area contributed by atoms with Gasteiger partial charge in [-0.3, -0.25) is 9.79 Å².